The van der Waals surface area contributed by atoms with Gasteiger partial charge in [0.2, 0.25) is 0 Å². The molecule has 0 radical (unpaired) electrons. The zero-order valence-corrected chi connectivity index (χ0v) is 8.69. The monoisotopic (exact) mass is 238 g/mol. The molecule has 0 spiro atoms. The maximum absolute atomic E-state index is 10.8. The first-order valence-corrected chi connectivity index (χ1v) is 4.68. The lowest BCUT2D eigenvalue weighted by Crippen LogP contribution is -1.96. The Labute approximate surface area is 94.5 Å². The van der Waals surface area contributed by atoms with Crippen molar-refractivity contribution in [2.75, 3.05) is 0 Å². The average Bonchev–Trinajstić information content (AvgIpc) is 2.56. The molecule has 0 fully saturated rings. The highest BCUT2D eigenvalue weighted by Gasteiger charge is 2.21. The number of benzene rings is 1. The second-order valence-corrected chi connectivity index (χ2v) is 3.56. The molecule has 0 aliphatic heterocycles. The summed E-state index contributed by atoms with van der Waals surface area (Å²) in [7, 11) is 0. The van der Waals surface area contributed by atoms with Gasteiger partial charge in [-0.25, -0.2) is 4.79 Å². The molecule has 0 unspecified atom stereocenters. The first-order chi connectivity index (χ1) is 7.52. The van der Waals surface area contributed by atoms with Gasteiger partial charge >= 0.3 is 5.97 Å². The number of aromatic amines is 1. The maximum atomic E-state index is 10.8. The summed E-state index contributed by atoms with van der Waals surface area (Å²) in [6.45, 7) is 0. The molecule has 16 heavy (non-hydrogen) atoms. The maximum Gasteiger partial charge on any atom is 0.353 e. The van der Waals surface area contributed by atoms with Crippen LogP contribution in [-0.2, 0) is 0 Å². The van der Waals surface area contributed by atoms with E-state index in [9.17, 15) is 14.9 Å². The number of hydrogen-bond donors (Lipinski definition) is 3. The van der Waals surface area contributed by atoms with Crippen LogP contribution in [0.5, 0.6) is 0 Å². The van der Waals surface area contributed by atoms with Crippen molar-refractivity contribution in [1.82, 2.24) is 4.98 Å². The van der Waals surface area contributed by atoms with E-state index >= 15 is 0 Å². The lowest BCUT2D eigenvalue weighted by Gasteiger charge is -1.94. The molecule has 0 aliphatic rings. The molecule has 0 aliphatic carbocycles. The second-order valence-electron chi connectivity index (χ2n) is 3.11. The number of carboxylic acids is 1. The van der Waals surface area contributed by atoms with Crippen LogP contribution in [0.4, 0.5) is 5.69 Å². The van der Waals surface area contributed by atoms with Gasteiger partial charge in [-0.3, -0.25) is 10.1 Å². The van der Waals surface area contributed by atoms with Crippen LogP contribution < -0.4 is 0 Å². The zero-order chi connectivity index (χ0) is 11.9. The fourth-order valence-electron chi connectivity index (χ4n) is 1.52. The summed E-state index contributed by atoms with van der Waals surface area (Å²) in [5.74, 6) is -1.20. The number of aromatic nitrogens is 1. The lowest BCUT2D eigenvalue weighted by atomic mass is 10.2. The van der Waals surface area contributed by atoms with E-state index < -0.39 is 10.9 Å². The van der Waals surface area contributed by atoms with Crippen molar-refractivity contribution in [3.63, 3.8) is 0 Å². The van der Waals surface area contributed by atoms with E-state index in [1.807, 2.05) is 0 Å². The van der Waals surface area contributed by atoms with Crippen LogP contribution in [0, 0.1) is 10.1 Å². The number of nitro groups is 1. The van der Waals surface area contributed by atoms with Crippen molar-refractivity contribution in [2.24, 2.45) is 0 Å². The normalized spacial score (nSPS) is 10.6. The SMILES string of the molecule is O=C(O)c1[nH]c2cccc([N+](=O)[O-])c2c1S. The Balaban J connectivity index is 2.87. The van der Waals surface area contributed by atoms with Gasteiger partial charge in [-0.15, -0.1) is 12.6 Å². The molecule has 0 amide bonds. The predicted molar refractivity (Wildman–Crippen MR) is 59.2 cm³/mol. The quantitative estimate of drug-likeness (QED) is 0.424. The number of carboxylic acid groups (broad SMARTS) is 1. The Morgan fingerprint density at radius 1 is 1.50 bits per heavy atom. The molecule has 2 aromatic rings. The molecule has 1 aromatic heterocycles. The molecule has 1 aromatic carbocycles. The molecule has 6 nitrogen and oxygen atoms in total. The molecule has 0 saturated carbocycles. The van der Waals surface area contributed by atoms with Crippen LogP contribution in [-0.4, -0.2) is 21.0 Å². The van der Waals surface area contributed by atoms with Gasteiger partial charge in [0.25, 0.3) is 5.69 Å². The molecule has 0 saturated heterocycles. The third kappa shape index (κ3) is 1.41. The topological polar surface area (TPSA) is 96.2 Å². The summed E-state index contributed by atoms with van der Waals surface area (Å²) in [6.07, 6.45) is 0. The van der Waals surface area contributed by atoms with Crippen molar-refractivity contribution < 1.29 is 14.8 Å². The zero-order valence-electron chi connectivity index (χ0n) is 7.80. The standard InChI is InChI=1S/C9H6N2O4S/c12-9(13)7-8(16)6-4(10-7)2-1-3-5(6)11(14)15/h1-3,10,16H,(H,12,13). The molecule has 7 heteroatoms. The van der Waals surface area contributed by atoms with E-state index in [0.717, 1.165) is 0 Å². The largest absolute Gasteiger partial charge is 0.477 e. The summed E-state index contributed by atoms with van der Waals surface area (Å²) in [4.78, 5) is 23.7. The first-order valence-electron chi connectivity index (χ1n) is 4.23. The van der Waals surface area contributed by atoms with Gasteiger partial charge < -0.3 is 10.1 Å². The Hall–Kier alpha value is -2.02. The Morgan fingerprint density at radius 2 is 2.19 bits per heavy atom. The van der Waals surface area contributed by atoms with Gasteiger partial charge in [-0.2, -0.15) is 0 Å². The summed E-state index contributed by atoms with van der Waals surface area (Å²) < 4.78 is 0. The van der Waals surface area contributed by atoms with Crippen molar-refractivity contribution >= 4 is 35.2 Å². The number of nitrogens with one attached hydrogen (secondary N) is 1. The number of nitrogens with zero attached hydrogens (tertiary/aromatic N) is 1. The van der Waals surface area contributed by atoms with Crippen LogP contribution >= 0.6 is 12.6 Å². The molecule has 2 rings (SSSR count). The van der Waals surface area contributed by atoms with Gasteiger partial charge in [0, 0.05) is 6.07 Å². The van der Waals surface area contributed by atoms with Gasteiger partial charge in [-0.1, -0.05) is 6.07 Å². The molecule has 0 atom stereocenters. The van der Waals surface area contributed by atoms with Gasteiger partial charge in [0.05, 0.1) is 20.7 Å². The smallest absolute Gasteiger partial charge is 0.353 e. The minimum absolute atomic E-state index is 0.0785. The third-order valence-electron chi connectivity index (χ3n) is 2.19. The summed E-state index contributed by atoms with van der Waals surface area (Å²) >= 11 is 4.00. The van der Waals surface area contributed by atoms with Gasteiger partial charge in [-0.05, 0) is 6.07 Å². The fraction of sp³-hybridized carbons (Fsp3) is 0. The number of nitro benzene ring substituents is 1. The van der Waals surface area contributed by atoms with Crippen molar-refractivity contribution in [3.05, 3.63) is 34.0 Å². The summed E-state index contributed by atoms with van der Waals surface area (Å²) in [5.41, 5.74) is 0.0792. The first kappa shape index (κ1) is 10.5. The van der Waals surface area contributed by atoms with Gasteiger partial charge in [0.1, 0.15) is 5.69 Å². The lowest BCUT2D eigenvalue weighted by molar-refractivity contribution is -0.383. The number of rotatable bonds is 2. The fourth-order valence-corrected chi connectivity index (χ4v) is 1.91. The van der Waals surface area contributed by atoms with Crippen molar-refractivity contribution in [2.45, 2.75) is 4.90 Å². The van der Waals surface area contributed by atoms with E-state index in [0.29, 0.717) is 5.52 Å². The molecule has 1 heterocycles. The van der Waals surface area contributed by atoms with Crippen LogP contribution in [0.2, 0.25) is 0 Å². The molecular formula is C9H6N2O4S. The number of hydrogen-bond acceptors (Lipinski definition) is 4. The summed E-state index contributed by atoms with van der Waals surface area (Å²) in [5, 5.41) is 19.8. The number of H-pyrrole nitrogens is 1. The Kier molecular flexibility index (Phi) is 2.31. The Bertz CT molecular complexity index is 605. The van der Waals surface area contributed by atoms with E-state index in [1.54, 1.807) is 6.07 Å². The van der Waals surface area contributed by atoms with Crippen LogP contribution in [0.25, 0.3) is 10.9 Å². The number of fused-ring (bicyclic) bond motifs is 1. The third-order valence-corrected chi connectivity index (χ3v) is 2.63. The van der Waals surface area contributed by atoms with Crippen LogP contribution in [0.15, 0.2) is 23.1 Å². The Morgan fingerprint density at radius 3 is 2.75 bits per heavy atom. The molecule has 2 N–H and O–H groups in total. The second kappa shape index (κ2) is 3.53. The number of thiol groups is 1. The highest BCUT2D eigenvalue weighted by Crippen LogP contribution is 2.33. The van der Waals surface area contributed by atoms with Crippen molar-refractivity contribution in [3.8, 4) is 0 Å². The van der Waals surface area contributed by atoms with Crippen molar-refractivity contribution in [1.29, 1.82) is 0 Å². The van der Waals surface area contributed by atoms with Crippen LogP contribution in [0.3, 0.4) is 0 Å². The van der Waals surface area contributed by atoms with Crippen LogP contribution in [0.1, 0.15) is 10.5 Å². The minimum atomic E-state index is -1.20. The highest BCUT2D eigenvalue weighted by molar-refractivity contribution is 7.80. The molecule has 82 valence electrons. The van der Waals surface area contributed by atoms with Gasteiger partial charge in [0.15, 0.2) is 0 Å². The molecular weight excluding hydrogens is 232 g/mol. The number of carbonyl (C=O) groups is 1. The minimum Gasteiger partial charge on any atom is -0.477 e. The number of aromatic carboxylic acids is 1. The predicted octanol–water partition coefficient (Wildman–Crippen LogP) is 2.06. The van der Waals surface area contributed by atoms with E-state index in [1.165, 1.54) is 12.1 Å². The van der Waals surface area contributed by atoms with E-state index in [4.69, 9.17) is 5.11 Å². The highest BCUT2D eigenvalue weighted by atomic mass is 32.1. The molecule has 0 bridgehead atoms. The average molecular weight is 238 g/mol. The summed E-state index contributed by atoms with van der Waals surface area (Å²) in [6, 6.07) is 4.35. The van der Waals surface area contributed by atoms with E-state index in [2.05, 4.69) is 17.6 Å². The van der Waals surface area contributed by atoms with E-state index in [-0.39, 0.29) is 21.7 Å². The number of non-ortho nitro benzene ring substituents is 1.